The maximum atomic E-state index is 6.36. The fraction of sp³-hybridized carbons (Fsp3) is 0.833. The van der Waals surface area contributed by atoms with Crippen LogP contribution in [-0.2, 0) is 10.3 Å². The summed E-state index contributed by atoms with van der Waals surface area (Å²) in [7, 11) is 0. The summed E-state index contributed by atoms with van der Waals surface area (Å²) < 4.78 is 10.9. The van der Waals surface area contributed by atoms with E-state index in [1.807, 2.05) is 0 Å². The number of hydrogen-bond acceptors (Lipinski definition) is 5. The Kier molecular flexibility index (Phi) is 4.25. The molecule has 2 heterocycles. The van der Waals surface area contributed by atoms with Crippen LogP contribution in [0, 0.1) is 0 Å². The first kappa shape index (κ1) is 13.8. The number of aromatic nitrogens is 2. The van der Waals surface area contributed by atoms with Crippen molar-refractivity contribution in [1.82, 2.24) is 10.1 Å². The predicted octanol–water partition coefficient (Wildman–Crippen LogP) is 2.46. The van der Waals surface area contributed by atoms with E-state index < -0.39 is 5.54 Å². The van der Waals surface area contributed by atoms with Crippen LogP contribution in [0.2, 0.25) is 0 Å². The fourth-order valence-corrected chi connectivity index (χ4v) is 2.75. The summed E-state index contributed by atoms with van der Waals surface area (Å²) in [5.41, 5.74) is 5.95. The highest BCUT2D eigenvalue weighted by molar-refractivity contribution is 5.85. The van der Waals surface area contributed by atoms with Crippen LogP contribution in [0.25, 0.3) is 0 Å². The molecule has 2 fully saturated rings. The lowest BCUT2D eigenvalue weighted by molar-refractivity contribution is 0.103. The molecular formula is C12H20ClN3O2. The van der Waals surface area contributed by atoms with E-state index in [2.05, 4.69) is 10.1 Å². The van der Waals surface area contributed by atoms with Gasteiger partial charge in [0, 0.05) is 6.61 Å². The van der Waals surface area contributed by atoms with Crippen LogP contribution in [0.3, 0.4) is 0 Å². The van der Waals surface area contributed by atoms with Crippen LogP contribution >= 0.6 is 12.4 Å². The minimum atomic E-state index is -0.401. The Labute approximate surface area is 113 Å². The molecule has 1 aliphatic carbocycles. The van der Waals surface area contributed by atoms with Gasteiger partial charge >= 0.3 is 0 Å². The Morgan fingerprint density at radius 3 is 2.61 bits per heavy atom. The van der Waals surface area contributed by atoms with Crippen LogP contribution in [0.4, 0.5) is 0 Å². The first-order valence-electron chi connectivity index (χ1n) is 6.52. The number of ether oxygens (including phenoxy) is 1. The molecule has 3 rings (SSSR count). The van der Waals surface area contributed by atoms with E-state index in [0.717, 1.165) is 45.1 Å². The Bertz CT molecular complexity index is 384. The molecule has 6 heteroatoms. The highest BCUT2D eigenvalue weighted by Crippen LogP contribution is 2.35. The zero-order valence-electron chi connectivity index (χ0n) is 10.4. The molecule has 18 heavy (non-hydrogen) atoms. The predicted molar refractivity (Wildman–Crippen MR) is 68.4 cm³/mol. The van der Waals surface area contributed by atoms with E-state index in [-0.39, 0.29) is 18.5 Å². The fourth-order valence-electron chi connectivity index (χ4n) is 2.75. The van der Waals surface area contributed by atoms with Crippen molar-refractivity contribution in [1.29, 1.82) is 0 Å². The van der Waals surface area contributed by atoms with E-state index in [0.29, 0.717) is 11.7 Å². The second kappa shape index (κ2) is 5.55. The van der Waals surface area contributed by atoms with E-state index in [1.165, 1.54) is 6.42 Å². The third kappa shape index (κ3) is 2.53. The molecule has 1 unspecified atom stereocenters. The largest absolute Gasteiger partial charge is 0.370 e. The SMILES string of the molecule is Cl.NC1(c2nc(C3CCCO3)no2)CCCCC1. The molecule has 102 valence electrons. The van der Waals surface area contributed by atoms with E-state index in [1.54, 1.807) is 0 Å². The maximum Gasteiger partial charge on any atom is 0.246 e. The highest BCUT2D eigenvalue weighted by atomic mass is 35.5. The van der Waals surface area contributed by atoms with Crippen molar-refractivity contribution in [3.63, 3.8) is 0 Å². The first-order chi connectivity index (χ1) is 8.28. The third-order valence-electron chi connectivity index (χ3n) is 3.83. The zero-order chi connectivity index (χ0) is 11.7. The Morgan fingerprint density at radius 2 is 1.94 bits per heavy atom. The average Bonchev–Trinajstić information content (AvgIpc) is 3.01. The molecule has 1 saturated carbocycles. The molecule has 1 aromatic rings. The number of hydrogen-bond donors (Lipinski definition) is 1. The summed E-state index contributed by atoms with van der Waals surface area (Å²) >= 11 is 0. The molecule has 1 aliphatic heterocycles. The van der Waals surface area contributed by atoms with Gasteiger partial charge in [0.2, 0.25) is 11.7 Å². The van der Waals surface area contributed by atoms with Gasteiger partial charge in [0.1, 0.15) is 6.10 Å². The third-order valence-corrected chi connectivity index (χ3v) is 3.83. The minimum absolute atomic E-state index is 0. The van der Waals surface area contributed by atoms with Crippen molar-refractivity contribution in [3.8, 4) is 0 Å². The molecule has 0 bridgehead atoms. The lowest BCUT2D eigenvalue weighted by Crippen LogP contribution is -2.39. The number of nitrogens with two attached hydrogens (primary N) is 1. The molecular weight excluding hydrogens is 254 g/mol. The lowest BCUT2D eigenvalue weighted by atomic mass is 9.82. The zero-order valence-corrected chi connectivity index (χ0v) is 11.2. The summed E-state index contributed by atoms with van der Waals surface area (Å²) in [4.78, 5) is 4.46. The van der Waals surface area contributed by atoms with Gasteiger partial charge in [-0.25, -0.2) is 0 Å². The topological polar surface area (TPSA) is 74.2 Å². The van der Waals surface area contributed by atoms with Crippen molar-refractivity contribution >= 4 is 12.4 Å². The standard InChI is InChI=1S/C12H19N3O2.ClH/c13-12(6-2-1-3-7-12)11-14-10(15-17-11)9-5-4-8-16-9;/h9H,1-8,13H2;1H. The molecule has 5 nitrogen and oxygen atoms in total. The van der Waals surface area contributed by atoms with Crippen molar-refractivity contribution in [2.45, 2.75) is 56.6 Å². The van der Waals surface area contributed by atoms with E-state index in [9.17, 15) is 0 Å². The molecule has 0 aromatic carbocycles. The molecule has 0 amide bonds. The summed E-state index contributed by atoms with van der Waals surface area (Å²) in [5.74, 6) is 1.27. The Hall–Kier alpha value is -0.650. The van der Waals surface area contributed by atoms with Crippen LogP contribution in [0.15, 0.2) is 4.52 Å². The molecule has 2 N–H and O–H groups in total. The number of rotatable bonds is 2. The summed E-state index contributed by atoms with van der Waals surface area (Å²) in [6, 6.07) is 0. The monoisotopic (exact) mass is 273 g/mol. The van der Waals surface area contributed by atoms with Gasteiger partial charge in [-0.3, -0.25) is 0 Å². The van der Waals surface area contributed by atoms with Gasteiger partial charge in [-0.1, -0.05) is 24.4 Å². The second-order valence-electron chi connectivity index (χ2n) is 5.18. The first-order valence-corrected chi connectivity index (χ1v) is 6.52. The second-order valence-corrected chi connectivity index (χ2v) is 5.18. The number of nitrogens with zero attached hydrogens (tertiary/aromatic N) is 2. The van der Waals surface area contributed by atoms with Crippen LogP contribution in [0.1, 0.15) is 62.8 Å². The maximum absolute atomic E-state index is 6.36. The van der Waals surface area contributed by atoms with Crippen molar-refractivity contribution in [3.05, 3.63) is 11.7 Å². The van der Waals surface area contributed by atoms with Crippen LogP contribution in [-0.4, -0.2) is 16.7 Å². The van der Waals surface area contributed by atoms with Gasteiger partial charge in [-0.2, -0.15) is 4.98 Å². The molecule has 1 atom stereocenters. The molecule has 2 aliphatic rings. The highest BCUT2D eigenvalue weighted by Gasteiger charge is 2.36. The summed E-state index contributed by atoms with van der Waals surface area (Å²) in [6.07, 6.45) is 7.51. The summed E-state index contributed by atoms with van der Waals surface area (Å²) in [6.45, 7) is 0.794. The van der Waals surface area contributed by atoms with Gasteiger partial charge in [0.05, 0.1) is 5.54 Å². The van der Waals surface area contributed by atoms with E-state index >= 15 is 0 Å². The molecule has 1 saturated heterocycles. The quantitative estimate of drug-likeness (QED) is 0.896. The van der Waals surface area contributed by atoms with Crippen molar-refractivity contribution in [2.24, 2.45) is 5.73 Å². The van der Waals surface area contributed by atoms with Gasteiger partial charge < -0.3 is 15.0 Å². The van der Waals surface area contributed by atoms with Crippen LogP contribution in [0.5, 0.6) is 0 Å². The lowest BCUT2D eigenvalue weighted by Gasteiger charge is -2.29. The smallest absolute Gasteiger partial charge is 0.246 e. The van der Waals surface area contributed by atoms with Gasteiger partial charge in [0.25, 0.3) is 0 Å². The van der Waals surface area contributed by atoms with Gasteiger partial charge in [-0.15, -0.1) is 12.4 Å². The minimum Gasteiger partial charge on any atom is -0.370 e. The number of halogens is 1. The van der Waals surface area contributed by atoms with Crippen molar-refractivity contribution in [2.75, 3.05) is 6.61 Å². The van der Waals surface area contributed by atoms with E-state index in [4.69, 9.17) is 15.0 Å². The molecule has 1 aromatic heterocycles. The normalized spacial score (nSPS) is 26.8. The Morgan fingerprint density at radius 1 is 1.17 bits per heavy atom. The Balaban J connectivity index is 0.00000120. The van der Waals surface area contributed by atoms with Gasteiger partial charge in [-0.05, 0) is 25.7 Å². The molecule has 0 radical (unpaired) electrons. The average molecular weight is 274 g/mol. The van der Waals surface area contributed by atoms with Gasteiger partial charge in [0.15, 0.2) is 0 Å². The van der Waals surface area contributed by atoms with Crippen molar-refractivity contribution < 1.29 is 9.26 Å². The summed E-state index contributed by atoms with van der Waals surface area (Å²) in [5, 5.41) is 4.03. The van der Waals surface area contributed by atoms with Crippen LogP contribution < -0.4 is 5.73 Å². The molecule has 0 spiro atoms.